The summed E-state index contributed by atoms with van der Waals surface area (Å²) in [6, 6.07) is 1.95. The third-order valence-electron chi connectivity index (χ3n) is 2.85. The Balaban J connectivity index is 2.15. The van der Waals surface area contributed by atoms with E-state index in [0.717, 1.165) is 21.5 Å². The fraction of sp³-hybridized carbons (Fsp3) is 0.500. The van der Waals surface area contributed by atoms with E-state index in [1.165, 1.54) is 11.3 Å². The van der Waals surface area contributed by atoms with Crippen molar-refractivity contribution in [3.8, 4) is 0 Å². The summed E-state index contributed by atoms with van der Waals surface area (Å²) in [6.07, 6.45) is -4.10. The third-order valence-corrected chi connectivity index (χ3v) is 4.02. The first-order valence-electron chi connectivity index (χ1n) is 6.50. The zero-order valence-corrected chi connectivity index (χ0v) is 12.2. The minimum Gasteiger partial charge on any atom is -0.369 e. The lowest BCUT2D eigenvalue weighted by Crippen LogP contribution is -2.14. The smallest absolute Gasteiger partial charge is 0.369 e. The molecule has 0 radical (unpaired) electrons. The lowest BCUT2D eigenvalue weighted by Gasteiger charge is -2.09. The van der Waals surface area contributed by atoms with E-state index >= 15 is 0 Å². The van der Waals surface area contributed by atoms with Crippen LogP contribution in [0.3, 0.4) is 0 Å². The molecule has 0 fully saturated rings. The molecule has 0 spiro atoms. The normalized spacial score (nSPS) is 11.9. The van der Waals surface area contributed by atoms with Gasteiger partial charge in [-0.1, -0.05) is 6.92 Å². The number of hydrazine groups is 1. The van der Waals surface area contributed by atoms with Crippen molar-refractivity contribution >= 4 is 33.3 Å². The van der Waals surface area contributed by atoms with Crippen LogP contribution >= 0.6 is 11.3 Å². The maximum atomic E-state index is 12.1. The number of nitrogen functional groups attached to an aromatic ring is 1. The first-order valence-corrected chi connectivity index (χ1v) is 7.32. The Morgan fingerprint density at radius 1 is 1.33 bits per heavy atom. The van der Waals surface area contributed by atoms with E-state index in [-0.39, 0.29) is 18.9 Å². The summed E-state index contributed by atoms with van der Waals surface area (Å²) in [4.78, 5) is 10.3. The summed E-state index contributed by atoms with van der Waals surface area (Å²) in [6.45, 7) is 2.21. The Kier molecular flexibility index (Phi) is 4.84. The number of thiophene rings is 1. The highest BCUT2D eigenvalue weighted by Crippen LogP contribution is 2.30. The fourth-order valence-electron chi connectivity index (χ4n) is 1.84. The van der Waals surface area contributed by atoms with Gasteiger partial charge < -0.3 is 5.32 Å². The molecule has 21 heavy (non-hydrogen) atoms. The molecular weight excluding hydrogens is 303 g/mol. The first kappa shape index (κ1) is 15.8. The van der Waals surface area contributed by atoms with E-state index in [0.29, 0.717) is 5.82 Å². The van der Waals surface area contributed by atoms with Crippen LogP contribution in [-0.4, -0.2) is 22.7 Å². The van der Waals surface area contributed by atoms with Crippen molar-refractivity contribution in [3.63, 3.8) is 0 Å². The van der Waals surface area contributed by atoms with E-state index in [1.807, 2.05) is 13.0 Å². The predicted octanol–water partition coefficient (Wildman–Crippen LogP) is 3.29. The van der Waals surface area contributed by atoms with Gasteiger partial charge in [0.2, 0.25) is 5.95 Å². The van der Waals surface area contributed by atoms with Crippen LogP contribution in [0, 0.1) is 0 Å². The van der Waals surface area contributed by atoms with Crippen LogP contribution in [-0.2, 0) is 6.42 Å². The molecule has 0 saturated heterocycles. The molecule has 4 N–H and O–H groups in total. The van der Waals surface area contributed by atoms with Gasteiger partial charge in [0.1, 0.15) is 10.6 Å². The van der Waals surface area contributed by atoms with Crippen molar-refractivity contribution in [2.24, 2.45) is 5.84 Å². The number of halogens is 3. The second-order valence-corrected chi connectivity index (χ2v) is 5.59. The van der Waals surface area contributed by atoms with E-state index in [9.17, 15) is 13.2 Å². The summed E-state index contributed by atoms with van der Waals surface area (Å²) < 4.78 is 36.4. The van der Waals surface area contributed by atoms with Gasteiger partial charge in [0.15, 0.2) is 0 Å². The number of anilines is 2. The summed E-state index contributed by atoms with van der Waals surface area (Å²) >= 11 is 1.52. The van der Waals surface area contributed by atoms with Crippen LogP contribution in [0.1, 0.15) is 24.6 Å². The molecule has 2 heterocycles. The number of aryl methyl sites for hydroxylation is 1. The molecule has 2 aromatic rings. The summed E-state index contributed by atoms with van der Waals surface area (Å²) in [7, 11) is 0. The SMILES string of the molecule is CCc1cc2c(NCCCC(F)(F)F)nc(NN)nc2s1. The summed E-state index contributed by atoms with van der Waals surface area (Å²) in [5, 5.41) is 3.74. The van der Waals surface area contributed by atoms with Gasteiger partial charge in [-0.15, -0.1) is 11.3 Å². The van der Waals surface area contributed by atoms with Crippen LogP contribution in [0.2, 0.25) is 0 Å². The van der Waals surface area contributed by atoms with E-state index in [1.54, 1.807) is 0 Å². The lowest BCUT2D eigenvalue weighted by molar-refractivity contribution is -0.134. The minimum absolute atomic E-state index is 0.00877. The maximum absolute atomic E-state index is 12.1. The molecule has 9 heteroatoms. The Morgan fingerprint density at radius 3 is 2.71 bits per heavy atom. The molecule has 0 saturated carbocycles. The number of rotatable bonds is 6. The Bertz CT molecular complexity index is 611. The second kappa shape index (κ2) is 6.44. The van der Waals surface area contributed by atoms with Gasteiger partial charge in [0, 0.05) is 17.8 Å². The highest BCUT2D eigenvalue weighted by atomic mass is 32.1. The van der Waals surface area contributed by atoms with Gasteiger partial charge in [-0.2, -0.15) is 18.2 Å². The van der Waals surface area contributed by atoms with Crippen molar-refractivity contribution in [1.82, 2.24) is 9.97 Å². The highest BCUT2D eigenvalue weighted by Gasteiger charge is 2.25. The monoisotopic (exact) mass is 319 g/mol. The fourth-order valence-corrected chi connectivity index (χ4v) is 2.81. The molecule has 0 atom stereocenters. The average Bonchev–Trinajstić information content (AvgIpc) is 2.85. The van der Waals surface area contributed by atoms with E-state index in [4.69, 9.17) is 5.84 Å². The van der Waals surface area contributed by atoms with Gasteiger partial charge in [-0.3, -0.25) is 5.43 Å². The van der Waals surface area contributed by atoms with Crippen molar-refractivity contribution < 1.29 is 13.2 Å². The third kappa shape index (κ3) is 4.18. The summed E-state index contributed by atoms with van der Waals surface area (Å²) in [5.74, 6) is 6.06. The van der Waals surface area contributed by atoms with Gasteiger partial charge in [0.25, 0.3) is 0 Å². The van der Waals surface area contributed by atoms with E-state index < -0.39 is 12.6 Å². The van der Waals surface area contributed by atoms with Gasteiger partial charge in [-0.05, 0) is 18.9 Å². The Morgan fingerprint density at radius 2 is 2.10 bits per heavy atom. The molecule has 0 amide bonds. The number of nitrogens with one attached hydrogen (secondary N) is 2. The highest BCUT2D eigenvalue weighted by molar-refractivity contribution is 7.18. The number of fused-ring (bicyclic) bond motifs is 1. The molecule has 5 nitrogen and oxygen atoms in total. The number of hydrogen-bond acceptors (Lipinski definition) is 6. The molecule has 0 bridgehead atoms. The van der Waals surface area contributed by atoms with Crippen LogP contribution in [0.25, 0.3) is 10.2 Å². The van der Waals surface area contributed by atoms with Crippen LogP contribution in [0.4, 0.5) is 24.9 Å². The van der Waals surface area contributed by atoms with Crippen LogP contribution < -0.4 is 16.6 Å². The number of nitrogens with two attached hydrogens (primary N) is 1. The second-order valence-electron chi connectivity index (χ2n) is 4.47. The minimum atomic E-state index is -4.13. The van der Waals surface area contributed by atoms with E-state index in [2.05, 4.69) is 20.7 Å². The molecule has 0 aliphatic rings. The van der Waals surface area contributed by atoms with Crippen molar-refractivity contribution in [3.05, 3.63) is 10.9 Å². The molecule has 2 aromatic heterocycles. The molecule has 0 aliphatic carbocycles. The van der Waals surface area contributed by atoms with Crippen molar-refractivity contribution in [2.45, 2.75) is 32.4 Å². The zero-order chi connectivity index (χ0) is 15.5. The van der Waals surface area contributed by atoms with Crippen molar-refractivity contribution in [1.29, 1.82) is 0 Å². The van der Waals surface area contributed by atoms with Crippen LogP contribution in [0.5, 0.6) is 0 Å². The zero-order valence-electron chi connectivity index (χ0n) is 11.4. The number of hydrogen-bond donors (Lipinski definition) is 3. The Hall–Kier alpha value is -1.61. The predicted molar refractivity (Wildman–Crippen MR) is 78.4 cm³/mol. The van der Waals surface area contributed by atoms with Gasteiger partial charge in [0.05, 0.1) is 5.39 Å². The molecule has 0 aliphatic heterocycles. The average molecular weight is 319 g/mol. The molecule has 0 aromatic carbocycles. The first-order chi connectivity index (χ1) is 9.93. The summed E-state index contributed by atoms with van der Waals surface area (Å²) in [5.41, 5.74) is 2.37. The standard InChI is InChI=1S/C12H16F3N5S/c1-2-7-6-8-9(17-5-3-4-12(13,14)15)18-11(20-16)19-10(8)21-7/h6H,2-5,16H2,1H3,(H2,17,18,19,20). The number of nitrogens with zero attached hydrogens (tertiary/aromatic N) is 2. The topological polar surface area (TPSA) is 75.9 Å². The molecule has 0 unspecified atom stereocenters. The maximum Gasteiger partial charge on any atom is 0.389 e. The number of alkyl halides is 3. The van der Waals surface area contributed by atoms with Crippen molar-refractivity contribution in [2.75, 3.05) is 17.3 Å². The largest absolute Gasteiger partial charge is 0.389 e. The molecule has 2 rings (SSSR count). The van der Waals surface area contributed by atoms with Crippen LogP contribution in [0.15, 0.2) is 6.07 Å². The molecular formula is C12H16F3N5S. The quantitative estimate of drug-likeness (QED) is 0.433. The van der Waals surface area contributed by atoms with Gasteiger partial charge >= 0.3 is 6.18 Å². The Labute approximate surface area is 123 Å². The molecule has 116 valence electrons. The number of aromatic nitrogens is 2. The van der Waals surface area contributed by atoms with Gasteiger partial charge in [-0.25, -0.2) is 10.8 Å². The lowest BCUT2D eigenvalue weighted by atomic mass is 10.3.